The molecular weight excluding hydrogens is 349 g/mol. The summed E-state index contributed by atoms with van der Waals surface area (Å²) >= 11 is 0. The third kappa shape index (κ3) is 3.83. The summed E-state index contributed by atoms with van der Waals surface area (Å²) in [7, 11) is 5.81. The Morgan fingerprint density at radius 2 is 1.86 bits per heavy atom. The highest BCUT2D eigenvalue weighted by molar-refractivity contribution is 6.60. The van der Waals surface area contributed by atoms with Crippen LogP contribution in [0.5, 0.6) is 0 Å². The molecule has 1 aliphatic rings. The molecule has 0 radical (unpaired) electrons. The second-order valence-electron chi connectivity index (χ2n) is 8.33. The van der Waals surface area contributed by atoms with Crippen LogP contribution in [0.3, 0.4) is 0 Å². The predicted molar refractivity (Wildman–Crippen MR) is 119 cm³/mol. The Kier molecular flexibility index (Phi) is 4.53. The highest BCUT2D eigenvalue weighted by atomic mass is 16.2. The van der Waals surface area contributed by atoms with Gasteiger partial charge in [-0.3, -0.25) is 9.59 Å². The minimum absolute atomic E-state index is 0.0171. The highest BCUT2D eigenvalue weighted by Gasteiger charge is 2.30. The minimum Gasteiger partial charge on any atom is -0.370 e. The second kappa shape index (κ2) is 6.89. The normalized spacial score (nSPS) is 14.0. The third-order valence-corrected chi connectivity index (χ3v) is 4.68. The van der Waals surface area contributed by atoms with Crippen LogP contribution in [0, 0.1) is 5.92 Å². The molecular formula is C19H21B3N4O2. The molecule has 0 unspecified atom stereocenters. The Labute approximate surface area is 166 Å². The molecule has 9 heteroatoms. The summed E-state index contributed by atoms with van der Waals surface area (Å²) in [6, 6.07) is 11.8. The SMILES string of the molecule is BC(B)(B)NC(=O)c1cnc(NC(=O)C2CC2)c2[nH]c(-c3ccccc3)cc12. The zero-order valence-corrected chi connectivity index (χ0v) is 16.3. The number of amides is 2. The fraction of sp³-hybridized carbons (Fsp3) is 0.211. The molecule has 0 atom stereocenters. The lowest BCUT2D eigenvalue weighted by molar-refractivity contribution is -0.117. The van der Waals surface area contributed by atoms with Crippen LogP contribution in [0.4, 0.5) is 5.82 Å². The number of hydrogen-bond donors (Lipinski definition) is 3. The van der Waals surface area contributed by atoms with E-state index >= 15 is 0 Å². The van der Waals surface area contributed by atoms with Crippen LogP contribution < -0.4 is 10.6 Å². The topological polar surface area (TPSA) is 86.9 Å². The molecule has 1 aromatic carbocycles. The van der Waals surface area contributed by atoms with Crippen molar-refractivity contribution in [2.45, 2.75) is 18.1 Å². The molecule has 4 rings (SSSR count). The molecule has 2 aromatic heterocycles. The first-order chi connectivity index (χ1) is 13.3. The minimum atomic E-state index is -0.360. The maximum atomic E-state index is 12.8. The van der Waals surface area contributed by atoms with E-state index in [0.717, 1.165) is 29.5 Å². The van der Waals surface area contributed by atoms with Crippen molar-refractivity contribution in [1.82, 2.24) is 15.3 Å². The maximum absolute atomic E-state index is 12.8. The van der Waals surface area contributed by atoms with Crippen LogP contribution in [-0.4, -0.2) is 50.6 Å². The molecule has 1 saturated carbocycles. The number of rotatable bonds is 5. The lowest BCUT2D eigenvalue weighted by Gasteiger charge is -2.21. The first-order valence-corrected chi connectivity index (χ1v) is 9.52. The van der Waals surface area contributed by atoms with Gasteiger partial charge in [0.1, 0.15) is 23.5 Å². The van der Waals surface area contributed by atoms with Crippen LogP contribution in [0.15, 0.2) is 42.6 Å². The van der Waals surface area contributed by atoms with Gasteiger partial charge in [0.05, 0.1) is 11.1 Å². The Morgan fingerprint density at radius 1 is 1.14 bits per heavy atom. The molecule has 6 nitrogen and oxygen atoms in total. The van der Waals surface area contributed by atoms with Crippen molar-refractivity contribution in [2.24, 2.45) is 5.92 Å². The van der Waals surface area contributed by atoms with Gasteiger partial charge in [0.25, 0.3) is 5.91 Å². The van der Waals surface area contributed by atoms with Gasteiger partial charge < -0.3 is 15.6 Å². The molecule has 1 fully saturated rings. The van der Waals surface area contributed by atoms with Crippen molar-refractivity contribution in [3.05, 3.63) is 48.2 Å². The quantitative estimate of drug-likeness (QED) is 0.545. The van der Waals surface area contributed by atoms with Crippen LogP contribution in [-0.2, 0) is 4.79 Å². The highest BCUT2D eigenvalue weighted by Crippen LogP contribution is 2.33. The van der Waals surface area contributed by atoms with Crippen LogP contribution in [0.2, 0.25) is 0 Å². The average Bonchev–Trinajstić information content (AvgIpc) is 3.39. The molecule has 3 N–H and O–H groups in total. The van der Waals surface area contributed by atoms with E-state index in [2.05, 4.69) is 20.6 Å². The number of carbonyl (C=O) groups is 2. The number of fused-ring (bicyclic) bond motifs is 1. The van der Waals surface area contributed by atoms with Crippen molar-refractivity contribution in [3.8, 4) is 11.3 Å². The standard InChI is InChI=1S/C19H21B3N4O2/c20-19(21,22)26-18(28)13-9-23-16(25-17(27)11-6-7-11)15-12(13)8-14(24-15)10-4-2-1-3-5-10/h1-5,8-9,11,24H,6-7,20-22H2,(H,26,28)(H,23,25,27). The number of nitrogens with zero attached hydrogens (tertiary/aromatic N) is 1. The third-order valence-electron chi connectivity index (χ3n) is 4.68. The monoisotopic (exact) mass is 370 g/mol. The number of hydrogen-bond acceptors (Lipinski definition) is 3. The van der Waals surface area contributed by atoms with Gasteiger partial charge in [-0.1, -0.05) is 30.3 Å². The van der Waals surface area contributed by atoms with E-state index in [-0.39, 0.29) is 23.0 Å². The summed E-state index contributed by atoms with van der Waals surface area (Å²) in [5.41, 5.74) is 3.01. The van der Waals surface area contributed by atoms with Gasteiger partial charge in [-0.25, -0.2) is 4.98 Å². The molecule has 138 valence electrons. The molecule has 28 heavy (non-hydrogen) atoms. The summed E-state index contributed by atoms with van der Waals surface area (Å²) in [6.45, 7) is 0. The van der Waals surface area contributed by atoms with Crippen molar-refractivity contribution >= 4 is 52.1 Å². The zero-order valence-electron chi connectivity index (χ0n) is 16.3. The lowest BCUT2D eigenvalue weighted by atomic mass is 9.49. The Morgan fingerprint density at radius 3 is 2.50 bits per heavy atom. The molecule has 1 aliphatic carbocycles. The van der Waals surface area contributed by atoms with E-state index in [9.17, 15) is 9.59 Å². The first kappa shape index (κ1) is 18.4. The Balaban J connectivity index is 1.80. The number of carbonyl (C=O) groups excluding carboxylic acids is 2. The molecule has 0 spiro atoms. The van der Waals surface area contributed by atoms with E-state index < -0.39 is 0 Å². The number of pyridine rings is 1. The molecule has 0 aliphatic heterocycles. The fourth-order valence-corrected chi connectivity index (χ4v) is 3.14. The summed E-state index contributed by atoms with van der Waals surface area (Å²) in [4.78, 5) is 32.8. The first-order valence-electron chi connectivity index (χ1n) is 9.52. The summed E-state index contributed by atoms with van der Waals surface area (Å²) < 4.78 is 0. The summed E-state index contributed by atoms with van der Waals surface area (Å²) in [5.74, 6) is 0.325. The van der Waals surface area contributed by atoms with Gasteiger partial charge in [0.2, 0.25) is 5.91 Å². The van der Waals surface area contributed by atoms with Crippen molar-refractivity contribution < 1.29 is 9.59 Å². The van der Waals surface area contributed by atoms with Gasteiger partial charge in [-0.15, -0.1) is 0 Å². The van der Waals surface area contributed by atoms with E-state index in [1.165, 1.54) is 6.20 Å². The van der Waals surface area contributed by atoms with Gasteiger partial charge in [0, 0.05) is 23.2 Å². The second-order valence-corrected chi connectivity index (χ2v) is 8.33. The van der Waals surface area contributed by atoms with E-state index in [1.54, 1.807) is 0 Å². The van der Waals surface area contributed by atoms with Gasteiger partial charge in [-0.05, 0) is 29.7 Å². The number of aromatic nitrogens is 2. The number of aromatic amines is 1. The van der Waals surface area contributed by atoms with Crippen molar-refractivity contribution in [3.63, 3.8) is 0 Å². The van der Waals surface area contributed by atoms with Gasteiger partial charge in [0.15, 0.2) is 5.82 Å². The maximum Gasteiger partial charge on any atom is 0.252 e. The molecule has 2 amide bonds. The van der Waals surface area contributed by atoms with Gasteiger partial charge >= 0.3 is 0 Å². The van der Waals surface area contributed by atoms with Crippen molar-refractivity contribution in [2.75, 3.05) is 5.32 Å². The van der Waals surface area contributed by atoms with E-state index in [0.29, 0.717) is 16.9 Å². The van der Waals surface area contributed by atoms with Crippen LogP contribution in [0.1, 0.15) is 23.2 Å². The molecule has 0 bridgehead atoms. The fourth-order valence-electron chi connectivity index (χ4n) is 3.14. The average molecular weight is 370 g/mol. The predicted octanol–water partition coefficient (Wildman–Crippen LogP) is -0.181. The number of nitrogens with one attached hydrogen (secondary N) is 3. The lowest BCUT2D eigenvalue weighted by Crippen LogP contribution is -2.50. The van der Waals surface area contributed by atoms with Crippen LogP contribution in [0.25, 0.3) is 22.2 Å². The Bertz CT molecular complexity index is 1060. The number of anilines is 1. The van der Waals surface area contributed by atoms with Crippen molar-refractivity contribution in [1.29, 1.82) is 0 Å². The number of benzene rings is 1. The van der Waals surface area contributed by atoms with E-state index in [4.69, 9.17) is 0 Å². The zero-order chi connectivity index (χ0) is 19.9. The smallest absolute Gasteiger partial charge is 0.252 e. The summed E-state index contributed by atoms with van der Waals surface area (Å²) in [5, 5.41) is 6.28. The van der Waals surface area contributed by atoms with E-state index in [1.807, 2.05) is 59.9 Å². The Hall–Kier alpha value is -2.96. The largest absolute Gasteiger partial charge is 0.370 e. The summed E-state index contributed by atoms with van der Waals surface area (Å²) in [6.07, 6.45) is 3.37. The molecule has 3 aromatic rings. The van der Waals surface area contributed by atoms with Crippen LogP contribution >= 0.6 is 0 Å². The molecule has 0 saturated heterocycles. The van der Waals surface area contributed by atoms with Gasteiger partial charge in [-0.2, -0.15) is 0 Å². The molecule has 2 heterocycles. The number of H-pyrrole nitrogens is 1.